The van der Waals surface area contributed by atoms with E-state index in [0.717, 1.165) is 73.4 Å². The number of hydrogen-bond donors (Lipinski definition) is 1. The average molecular weight is 608 g/mol. The molecule has 1 N–H and O–H groups in total. The summed E-state index contributed by atoms with van der Waals surface area (Å²) in [5.74, 6) is 1.66. The number of ether oxygens (including phenoxy) is 2. The van der Waals surface area contributed by atoms with Crippen LogP contribution in [0.1, 0.15) is 66.8 Å². The van der Waals surface area contributed by atoms with Crippen LogP contribution in [0.15, 0.2) is 97.1 Å². The second kappa shape index (κ2) is 16.8. The van der Waals surface area contributed by atoms with Gasteiger partial charge in [-0.05, 0) is 60.4 Å². The molecule has 0 bridgehead atoms. The summed E-state index contributed by atoms with van der Waals surface area (Å²) < 4.78 is 12.9. The molecule has 5 rings (SSSR count). The summed E-state index contributed by atoms with van der Waals surface area (Å²) in [7, 11) is 0. The van der Waals surface area contributed by atoms with Crippen molar-refractivity contribution in [2.24, 2.45) is 0 Å². The molecule has 0 amide bonds. The van der Waals surface area contributed by atoms with Crippen LogP contribution in [0.25, 0.3) is 0 Å². The molecule has 45 heavy (non-hydrogen) atoms. The van der Waals surface area contributed by atoms with Gasteiger partial charge in [0, 0.05) is 36.8 Å². The quantitative estimate of drug-likeness (QED) is 0.0740. The first-order valence-corrected chi connectivity index (χ1v) is 16.3. The maximum atomic E-state index is 11.0. The van der Waals surface area contributed by atoms with Crippen LogP contribution < -0.4 is 14.9 Å². The minimum Gasteiger partial charge on any atom is -0.485 e. The second-order valence-electron chi connectivity index (χ2n) is 11.8. The number of nitro groups is 1. The molecule has 7 heteroatoms. The Hall–Kier alpha value is -4.20. The lowest BCUT2D eigenvalue weighted by Gasteiger charge is -2.36. The first kappa shape index (κ1) is 32.2. The Morgan fingerprint density at radius 2 is 1.51 bits per heavy atom. The Balaban J connectivity index is 1.29. The van der Waals surface area contributed by atoms with E-state index in [1.165, 1.54) is 30.4 Å². The van der Waals surface area contributed by atoms with Gasteiger partial charge in [0.2, 0.25) is 0 Å². The number of fused-ring (bicyclic) bond motifs is 1. The lowest BCUT2D eigenvalue weighted by molar-refractivity contribution is -0.384. The molecule has 1 unspecified atom stereocenters. The Bertz CT molecular complexity index is 1480. The normalized spacial score (nSPS) is 14.2. The summed E-state index contributed by atoms with van der Waals surface area (Å²) in [5.41, 5.74) is 9.79. The zero-order chi connectivity index (χ0) is 31.3. The highest BCUT2D eigenvalue weighted by Gasteiger charge is 2.28. The zero-order valence-electron chi connectivity index (χ0n) is 26.3. The minimum absolute atomic E-state index is 0.130. The largest absolute Gasteiger partial charge is 0.485 e. The molecule has 1 aliphatic rings. The van der Waals surface area contributed by atoms with E-state index in [4.69, 9.17) is 9.47 Å². The van der Waals surface area contributed by atoms with Crippen molar-refractivity contribution in [3.05, 3.63) is 135 Å². The maximum absolute atomic E-state index is 11.0. The van der Waals surface area contributed by atoms with Crippen LogP contribution in [0.4, 0.5) is 5.69 Å². The van der Waals surface area contributed by atoms with E-state index >= 15 is 0 Å². The van der Waals surface area contributed by atoms with Crippen LogP contribution in [-0.4, -0.2) is 29.1 Å². The Kier molecular flexibility index (Phi) is 12.0. The molecule has 0 saturated heterocycles. The van der Waals surface area contributed by atoms with Crippen molar-refractivity contribution in [3.63, 3.8) is 0 Å². The van der Waals surface area contributed by atoms with Crippen LogP contribution in [0.2, 0.25) is 0 Å². The average Bonchev–Trinajstić information content (AvgIpc) is 3.08. The van der Waals surface area contributed by atoms with Gasteiger partial charge in [-0.1, -0.05) is 105 Å². The Morgan fingerprint density at radius 3 is 2.18 bits per heavy atom. The number of nitrogens with one attached hydrogen (secondary N) is 1. The number of hydrazine groups is 1. The van der Waals surface area contributed by atoms with E-state index in [1.807, 2.05) is 48.5 Å². The van der Waals surface area contributed by atoms with Crippen molar-refractivity contribution in [2.75, 3.05) is 13.1 Å². The van der Waals surface area contributed by atoms with Gasteiger partial charge in [-0.25, -0.2) is 5.01 Å². The molecule has 4 aromatic rings. The van der Waals surface area contributed by atoms with Crippen LogP contribution in [-0.2, 0) is 32.5 Å². The maximum Gasteiger partial charge on any atom is 0.269 e. The van der Waals surface area contributed by atoms with E-state index < -0.39 is 0 Å². The van der Waals surface area contributed by atoms with Gasteiger partial charge in [-0.2, -0.15) is 0 Å². The molecule has 1 atom stereocenters. The third-order valence-corrected chi connectivity index (χ3v) is 8.54. The smallest absolute Gasteiger partial charge is 0.269 e. The fraction of sp³-hybridized carbons (Fsp3) is 0.368. The first-order valence-electron chi connectivity index (χ1n) is 16.3. The van der Waals surface area contributed by atoms with E-state index in [0.29, 0.717) is 19.3 Å². The fourth-order valence-electron chi connectivity index (χ4n) is 6.01. The highest BCUT2D eigenvalue weighted by atomic mass is 16.6. The van der Waals surface area contributed by atoms with Crippen molar-refractivity contribution < 1.29 is 14.4 Å². The van der Waals surface area contributed by atoms with Gasteiger partial charge in [0.25, 0.3) is 5.69 Å². The molecule has 4 aromatic carbocycles. The van der Waals surface area contributed by atoms with E-state index in [2.05, 4.69) is 53.8 Å². The molecule has 7 nitrogen and oxygen atoms in total. The summed E-state index contributed by atoms with van der Waals surface area (Å²) in [6.45, 7) is 5.01. The standard InChI is InChI=1S/C38H45N3O4/c1-2-3-4-11-26-40(39-25-24-30-16-19-34(20-17-30)41(42)43)35-21-22-36-33(27-35)18-23-37(44-28-31-12-7-5-8-13-31)38(36)45-29-32-14-9-6-10-15-32/h5-10,12-20,23,35,39H,2-4,11,21-22,24-29H2,1H3. The summed E-state index contributed by atoms with van der Waals surface area (Å²) in [5, 5.41) is 13.5. The van der Waals surface area contributed by atoms with E-state index in [-0.39, 0.29) is 10.6 Å². The number of hydrogen-bond acceptors (Lipinski definition) is 6. The number of nitro benzene ring substituents is 1. The molecule has 0 saturated carbocycles. The van der Waals surface area contributed by atoms with Crippen LogP contribution >= 0.6 is 0 Å². The van der Waals surface area contributed by atoms with Gasteiger partial charge in [-0.15, -0.1) is 0 Å². The number of benzene rings is 4. The van der Waals surface area contributed by atoms with Crippen molar-refractivity contribution in [1.82, 2.24) is 10.4 Å². The van der Waals surface area contributed by atoms with Gasteiger partial charge in [0.15, 0.2) is 11.5 Å². The highest BCUT2D eigenvalue weighted by molar-refractivity contribution is 5.52. The van der Waals surface area contributed by atoms with Crippen LogP contribution in [0.5, 0.6) is 11.5 Å². The second-order valence-corrected chi connectivity index (χ2v) is 11.8. The van der Waals surface area contributed by atoms with Gasteiger partial charge in [0.05, 0.1) is 4.92 Å². The number of rotatable bonds is 17. The third kappa shape index (κ3) is 9.40. The van der Waals surface area contributed by atoms with Crippen molar-refractivity contribution >= 4 is 5.69 Å². The van der Waals surface area contributed by atoms with Crippen molar-refractivity contribution in [1.29, 1.82) is 0 Å². The molecule has 236 valence electrons. The Labute approximate surface area is 267 Å². The molecule has 0 fully saturated rings. The van der Waals surface area contributed by atoms with Gasteiger partial charge in [0.1, 0.15) is 13.2 Å². The number of non-ortho nitro benzene ring substituents is 1. The SMILES string of the molecule is CCCCCCN(NCCc1ccc([N+](=O)[O-])cc1)C1CCc2c(ccc(OCc3ccccc3)c2OCc2ccccc2)C1. The summed E-state index contributed by atoms with van der Waals surface area (Å²) in [6, 6.07) is 32.1. The van der Waals surface area contributed by atoms with Gasteiger partial charge in [-0.3, -0.25) is 15.5 Å². The minimum atomic E-state index is -0.350. The van der Waals surface area contributed by atoms with Crippen LogP contribution in [0, 0.1) is 10.1 Å². The fourth-order valence-corrected chi connectivity index (χ4v) is 6.01. The van der Waals surface area contributed by atoms with Crippen LogP contribution in [0.3, 0.4) is 0 Å². The molecule has 0 aromatic heterocycles. The summed E-state index contributed by atoms with van der Waals surface area (Å²) in [4.78, 5) is 10.7. The monoisotopic (exact) mass is 607 g/mol. The number of unbranched alkanes of at least 4 members (excludes halogenated alkanes) is 3. The van der Waals surface area contributed by atoms with Gasteiger partial charge < -0.3 is 9.47 Å². The predicted octanol–water partition coefficient (Wildman–Crippen LogP) is 8.24. The molecule has 0 heterocycles. The first-order chi connectivity index (χ1) is 22.1. The highest BCUT2D eigenvalue weighted by Crippen LogP contribution is 2.39. The van der Waals surface area contributed by atoms with Crippen molar-refractivity contribution in [2.45, 2.75) is 77.5 Å². The molecular weight excluding hydrogens is 562 g/mol. The third-order valence-electron chi connectivity index (χ3n) is 8.54. The molecule has 0 radical (unpaired) electrons. The number of nitrogens with zero attached hydrogens (tertiary/aromatic N) is 2. The summed E-state index contributed by atoms with van der Waals surface area (Å²) in [6.07, 6.45) is 8.53. The van der Waals surface area contributed by atoms with E-state index in [1.54, 1.807) is 12.1 Å². The van der Waals surface area contributed by atoms with E-state index in [9.17, 15) is 10.1 Å². The molecule has 0 spiro atoms. The lowest BCUT2D eigenvalue weighted by Crippen LogP contribution is -2.49. The van der Waals surface area contributed by atoms with Gasteiger partial charge >= 0.3 is 0 Å². The molecule has 0 aliphatic heterocycles. The Morgan fingerprint density at radius 1 is 0.822 bits per heavy atom. The molecular formula is C38H45N3O4. The zero-order valence-corrected chi connectivity index (χ0v) is 26.3. The molecule has 1 aliphatic carbocycles. The van der Waals surface area contributed by atoms with Crippen molar-refractivity contribution in [3.8, 4) is 11.5 Å². The lowest BCUT2D eigenvalue weighted by atomic mass is 9.87. The summed E-state index contributed by atoms with van der Waals surface area (Å²) >= 11 is 0. The predicted molar refractivity (Wildman–Crippen MR) is 179 cm³/mol. The topological polar surface area (TPSA) is 76.9 Å².